The molecule has 0 spiro atoms. The normalized spacial score (nSPS) is 10.9. The Kier molecular flexibility index (Phi) is 8.54. The molecule has 0 aromatic heterocycles. The van der Waals surface area contributed by atoms with Gasteiger partial charge in [0.05, 0.1) is 27.2 Å². The minimum absolute atomic E-state index is 0.161. The first-order chi connectivity index (χ1) is 9.69. The summed E-state index contributed by atoms with van der Waals surface area (Å²) in [7, 11) is 3.99. The van der Waals surface area contributed by atoms with Gasteiger partial charge in [0.2, 0.25) is 5.78 Å². The van der Waals surface area contributed by atoms with Gasteiger partial charge in [-0.3, -0.25) is 4.79 Å². The summed E-state index contributed by atoms with van der Waals surface area (Å²) in [5.74, 6) is -1.66. The predicted octanol–water partition coefficient (Wildman–Crippen LogP) is 1.09. The maximum atomic E-state index is 11.2. The third-order valence-electron chi connectivity index (χ3n) is 2.97. The van der Waals surface area contributed by atoms with Crippen molar-refractivity contribution in [3.63, 3.8) is 0 Å². The summed E-state index contributed by atoms with van der Waals surface area (Å²) in [6.07, 6.45) is 0.804. The van der Waals surface area contributed by atoms with Crippen LogP contribution in [0.1, 0.15) is 26.7 Å². The van der Waals surface area contributed by atoms with E-state index in [4.69, 9.17) is 9.47 Å². The number of ether oxygens (including phenoxy) is 2. The zero-order chi connectivity index (χ0) is 16.5. The summed E-state index contributed by atoms with van der Waals surface area (Å²) in [5, 5.41) is 0. The molecule has 120 valence electrons. The van der Waals surface area contributed by atoms with Gasteiger partial charge in [-0.25, -0.2) is 9.59 Å². The molecule has 0 aliphatic heterocycles. The molecule has 0 bridgehead atoms. The molecule has 0 aromatic carbocycles. The maximum absolute atomic E-state index is 11.2. The first-order valence-corrected chi connectivity index (χ1v) is 7.04. The number of likely N-dealkylation sites (N-methyl/N-ethyl adjacent to an activating group) is 1. The lowest BCUT2D eigenvalue weighted by Crippen LogP contribution is -2.43. The Labute approximate surface area is 126 Å². The van der Waals surface area contributed by atoms with E-state index in [0.29, 0.717) is 29.6 Å². The van der Waals surface area contributed by atoms with E-state index in [0.717, 1.165) is 6.54 Å². The lowest BCUT2D eigenvalue weighted by molar-refractivity contribution is -0.890. The van der Waals surface area contributed by atoms with Crippen LogP contribution in [0.15, 0.2) is 12.2 Å². The van der Waals surface area contributed by atoms with Crippen molar-refractivity contribution in [3.05, 3.63) is 12.2 Å². The number of carbonyl (C=O) groups excluding carboxylic acids is 3. The first-order valence-electron chi connectivity index (χ1n) is 7.04. The Balaban J connectivity index is 3.87. The first kappa shape index (κ1) is 19.3. The van der Waals surface area contributed by atoms with Crippen molar-refractivity contribution in [1.82, 2.24) is 0 Å². The number of esters is 2. The number of Topliss-reactive ketones (excluding diaryl/α,β-unsaturated/α-hetero) is 1. The lowest BCUT2D eigenvalue weighted by Gasteiger charge is -2.29. The highest BCUT2D eigenvalue weighted by molar-refractivity contribution is 6.33. The maximum Gasteiger partial charge on any atom is 0.374 e. The van der Waals surface area contributed by atoms with E-state index in [1.807, 2.05) is 14.1 Å². The molecule has 0 heterocycles. The predicted molar refractivity (Wildman–Crippen MR) is 78.5 cm³/mol. The molecule has 0 aliphatic rings. The Morgan fingerprint density at radius 3 is 2.10 bits per heavy atom. The van der Waals surface area contributed by atoms with Crippen molar-refractivity contribution in [1.29, 1.82) is 0 Å². The minimum Gasteiger partial charge on any atom is -0.460 e. The van der Waals surface area contributed by atoms with Crippen LogP contribution in [0.2, 0.25) is 0 Å². The van der Waals surface area contributed by atoms with Gasteiger partial charge in [-0.05, 0) is 6.92 Å². The summed E-state index contributed by atoms with van der Waals surface area (Å²) in [6.45, 7) is 8.67. The summed E-state index contributed by atoms with van der Waals surface area (Å²) < 4.78 is 10.5. The number of hydrogen-bond acceptors (Lipinski definition) is 5. The molecule has 0 amide bonds. The van der Waals surface area contributed by atoms with Crippen LogP contribution in [0.25, 0.3) is 0 Å². The zero-order valence-electron chi connectivity index (χ0n) is 13.4. The molecule has 0 fully saturated rings. The number of ketones is 1. The van der Waals surface area contributed by atoms with Crippen molar-refractivity contribution < 1.29 is 28.3 Å². The van der Waals surface area contributed by atoms with Crippen LogP contribution in [0.3, 0.4) is 0 Å². The van der Waals surface area contributed by atoms with Crippen molar-refractivity contribution >= 4 is 17.7 Å². The van der Waals surface area contributed by atoms with Gasteiger partial charge < -0.3 is 14.0 Å². The molecule has 0 N–H and O–H groups in total. The molecule has 0 saturated carbocycles. The van der Waals surface area contributed by atoms with Crippen LogP contribution in [-0.4, -0.2) is 62.6 Å². The highest BCUT2D eigenvalue weighted by Gasteiger charge is 2.17. The molecule has 0 unspecified atom stereocenters. The van der Waals surface area contributed by atoms with Gasteiger partial charge >= 0.3 is 11.9 Å². The van der Waals surface area contributed by atoms with Crippen LogP contribution in [0.4, 0.5) is 0 Å². The van der Waals surface area contributed by atoms with Crippen LogP contribution in [0, 0.1) is 0 Å². The third kappa shape index (κ3) is 8.96. The molecular weight excluding hydrogens is 274 g/mol. The monoisotopic (exact) mass is 300 g/mol. The van der Waals surface area contributed by atoms with Crippen molar-refractivity contribution in [3.8, 4) is 0 Å². The highest BCUT2D eigenvalue weighted by atomic mass is 16.5. The molecule has 0 saturated heterocycles. The van der Waals surface area contributed by atoms with Crippen molar-refractivity contribution in [2.45, 2.75) is 26.7 Å². The SMILES string of the molecule is C=C(C)C(=O)OCC[N+](C)(C)CCCOC(=O)C(=O)CC. The second kappa shape index (κ2) is 9.28. The van der Waals surface area contributed by atoms with E-state index in [1.54, 1.807) is 13.8 Å². The number of quaternary nitrogens is 1. The molecule has 0 rings (SSSR count). The molecule has 6 heteroatoms. The van der Waals surface area contributed by atoms with Crippen LogP contribution < -0.4 is 0 Å². The summed E-state index contributed by atoms with van der Waals surface area (Å²) in [4.78, 5) is 33.4. The number of carbonyl (C=O) groups is 3. The van der Waals surface area contributed by atoms with Gasteiger partial charge in [0.1, 0.15) is 13.2 Å². The topological polar surface area (TPSA) is 69.7 Å². The van der Waals surface area contributed by atoms with Gasteiger partial charge in [0.15, 0.2) is 0 Å². The zero-order valence-corrected chi connectivity index (χ0v) is 13.4. The standard InChI is InChI=1S/C15H26NO5/c1-6-13(17)15(19)20-10-7-8-16(4,5)9-11-21-14(18)12(2)3/h2,6-11H2,1,3-5H3/q+1. The second-order valence-corrected chi connectivity index (χ2v) is 5.57. The molecule has 0 aliphatic carbocycles. The Morgan fingerprint density at radius 2 is 1.57 bits per heavy atom. The van der Waals surface area contributed by atoms with E-state index in [2.05, 4.69) is 6.58 Å². The smallest absolute Gasteiger partial charge is 0.374 e. The average Bonchev–Trinajstić information content (AvgIpc) is 2.41. The summed E-state index contributed by atoms with van der Waals surface area (Å²) >= 11 is 0. The fourth-order valence-electron chi connectivity index (χ4n) is 1.50. The summed E-state index contributed by atoms with van der Waals surface area (Å²) in [6, 6.07) is 0. The fourth-order valence-corrected chi connectivity index (χ4v) is 1.50. The molecule has 21 heavy (non-hydrogen) atoms. The van der Waals surface area contributed by atoms with Gasteiger partial charge in [-0.2, -0.15) is 0 Å². The Bertz CT molecular complexity index is 401. The largest absolute Gasteiger partial charge is 0.460 e. The van der Waals surface area contributed by atoms with Crippen LogP contribution in [0.5, 0.6) is 0 Å². The van der Waals surface area contributed by atoms with Gasteiger partial charge in [-0.15, -0.1) is 0 Å². The summed E-state index contributed by atoms with van der Waals surface area (Å²) in [5.41, 5.74) is 0.382. The number of hydrogen-bond donors (Lipinski definition) is 0. The molecule has 0 atom stereocenters. The van der Waals surface area contributed by atoms with E-state index < -0.39 is 11.8 Å². The number of nitrogens with zero attached hydrogens (tertiary/aromatic N) is 1. The quantitative estimate of drug-likeness (QED) is 0.199. The average molecular weight is 300 g/mol. The fraction of sp³-hybridized carbons (Fsp3) is 0.667. The Morgan fingerprint density at radius 1 is 1.00 bits per heavy atom. The van der Waals surface area contributed by atoms with Gasteiger partial charge in [0.25, 0.3) is 0 Å². The minimum atomic E-state index is -0.766. The molecule has 6 nitrogen and oxygen atoms in total. The van der Waals surface area contributed by atoms with Crippen molar-refractivity contribution in [2.24, 2.45) is 0 Å². The second-order valence-electron chi connectivity index (χ2n) is 5.57. The van der Waals surface area contributed by atoms with E-state index in [-0.39, 0.29) is 19.0 Å². The van der Waals surface area contributed by atoms with E-state index in [1.165, 1.54) is 0 Å². The van der Waals surface area contributed by atoms with E-state index >= 15 is 0 Å². The van der Waals surface area contributed by atoms with E-state index in [9.17, 15) is 14.4 Å². The van der Waals surface area contributed by atoms with Gasteiger partial charge in [-0.1, -0.05) is 13.5 Å². The third-order valence-corrected chi connectivity index (χ3v) is 2.97. The lowest BCUT2D eigenvalue weighted by atomic mass is 10.3. The Hall–Kier alpha value is -1.69. The van der Waals surface area contributed by atoms with Crippen LogP contribution in [-0.2, 0) is 23.9 Å². The molecule has 0 radical (unpaired) electrons. The van der Waals surface area contributed by atoms with Crippen molar-refractivity contribution in [2.75, 3.05) is 40.4 Å². The van der Waals surface area contributed by atoms with Gasteiger partial charge in [0, 0.05) is 18.4 Å². The number of rotatable bonds is 10. The molecule has 0 aromatic rings. The van der Waals surface area contributed by atoms with Crippen LogP contribution >= 0.6 is 0 Å². The molecular formula is C15H26NO5+. The highest BCUT2D eigenvalue weighted by Crippen LogP contribution is 2.01.